The van der Waals surface area contributed by atoms with Crippen LogP contribution in [0.3, 0.4) is 0 Å². The van der Waals surface area contributed by atoms with Crippen molar-refractivity contribution in [2.75, 3.05) is 0 Å². The van der Waals surface area contributed by atoms with E-state index in [1.165, 1.54) is 11.3 Å². The molecule has 2 aromatic heterocycles. The van der Waals surface area contributed by atoms with Gasteiger partial charge in [0.05, 0.1) is 0 Å². The summed E-state index contributed by atoms with van der Waals surface area (Å²) in [6.45, 7) is 3.69. The summed E-state index contributed by atoms with van der Waals surface area (Å²) in [6, 6.07) is 0. The molecule has 0 aliphatic carbocycles. The number of rotatable bonds is 0. The van der Waals surface area contributed by atoms with Crippen LogP contribution in [0, 0.1) is 19.2 Å². The number of H-pyrrole nitrogens is 1. The average molecular weight is 302 g/mol. The largest absolute Gasteiger partial charge is 0.345 e. The Morgan fingerprint density at radius 3 is 2.71 bits per heavy atom. The predicted octanol–water partition coefficient (Wildman–Crippen LogP) is 2.66. The van der Waals surface area contributed by atoms with E-state index in [0.717, 1.165) is 10.3 Å². The predicted molar refractivity (Wildman–Crippen MR) is 55.8 cm³/mol. The summed E-state index contributed by atoms with van der Waals surface area (Å²) >= 11 is 7.51. The summed E-state index contributed by atoms with van der Waals surface area (Å²) < 4.78 is 0. The number of halogens is 1. The Morgan fingerprint density at radius 2 is 2.07 bits per heavy atom. The van der Waals surface area contributed by atoms with Crippen molar-refractivity contribution < 1.29 is 32.7 Å². The number of fused-ring (bicyclic) bond motifs is 1. The van der Waals surface area contributed by atoms with Crippen molar-refractivity contribution in [3.8, 4) is 0 Å². The van der Waals surface area contributed by atoms with Crippen LogP contribution in [-0.4, -0.2) is 4.98 Å². The van der Waals surface area contributed by atoms with E-state index < -0.39 is 0 Å². The van der Waals surface area contributed by atoms with Gasteiger partial charge in [0.2, 0.25) is 5.56 Å². The van der Waals surface area contributed by atoms with Crippen molar-refractivity contribution in [3.63, 3.8) is 0 Å². The normalized spacial score (nSPS) is 10.2. The standard InChI is InChI=1S/C9H7ClNOS.Y/c1-4-8(10)7-5(2)13-3-6(7)11-9(4)12;/h1-2H3,(H,11,12);/q-1;. The molecule has 2 aromatic rings. The van der Waals surface area contributed by atoms with Crippen molar-refractivity contribution in [2.45, 2.75) is 13.8 Å². The molecule has 0 aromatic carbocycles. The number of hydrogen-bond donors (Lipinski definition) is 1. The number of aromatic amines is 1. The smallest absolute Gasteiger partial charge is 0.249 e. The molecule has 0 unspecified atom stereocenters. The van der Waals surface area contributed by atoms with Gasteiger partial charge in [-0.05, 0) is 11.9 Å². The number of hydrogen-bond acceptors (Lipinski definition) is 2. The Kier molecular flexibility index (Phi) is 3.92. The molecule has 0 spiro atoms. The van der Waals surface area contributed by atoms with Crippen molar-refractivity contribution in [1.82, 2.24) is 4.98 Å². The summed E-state index contributed by atoms with van der Waals surface area (Å²) in [7, 11) is 0. The van der Waals surface area contributed by atoms with Crippen LogP contribution in [0.5, 0.6) is 0 Å². The van der Waals surface area contributed by atoms with Crippen molar-refractivity contribution in [2.24, 2.45) is 0 Å². The molecule has 14 heavy (non-hydrogen) atoms. The van der Waals surface area contributed by atoms with Crippen LogP contribution in [0.15, 0.2) is 4.79 Å². The molecule has 2 nitrogen and oxygen atoms in total. The van der Waals surface area contributed by atoms with Crippen LogP contribution in [0.1, 0.15) is 10.4 Å². The first kappa shape index (κ1) is 12.4. The van der Waals surface area contributed by atoms with Crippen LogP contribution in [-0.2, 0) is 32.7 Å². The molecule has 5 heteroatoms. The number of aromatic nitrogens is 1. The fourth-order valence-corrected chi connectivity index (χ4v) is 2.34. The van der Waals surface area contributed by atoms with Crippen LogP contribution in [0.25, 0.3) is 10.9 Å². The maximum absolute atomic E-state index is 11.3. The molecule has 0 aliphatic heterocycles. The molecule has 1 N–H and O–H groups in total. The zero-order valence-corrected chi connectivity index (χ0v) is 12.2. The average Bonchev–Trinajstić information content (AvgIpc) is 2.43. The van der Waals surface area contributed by atoms with Gasteiger partial charge in [0, 0.05) is 38.3 Å². The van der Waals surface area contributed by atoms with Gasteiger partial charge in [-0.2, -0.15) is 0 Å². The Labute approximate surface area is 116 Å². The van der Waals surface area contributed by atoms with E-state index in [-0.39, 0.29) is 38.3 Å². The molecular formula is C9H7ClNOSY-. The molecule has 0 fully saturated rings. The summed E-state index contributed by atoms with van der Waals surface area (Å²) in [4.78, 5) is 15.1. The van der Waals surface area contributed by atoms with Crippen molar-refractivity contribution in [3.05, 3.63) is 31.2 Å². The van der Waals surface area contributed by atoms with Gasteiger partial charge in [0.15, 0.2) is 0 Å². The minimum absolute atomic E-state index is 0. The van der Waals surface area contributed by atoms with E-state index in [0.29, 0.717) is 16.1 Å². The van der Waals surface area contributed by atoms with Gasteiger partial charge < -0.3 is 4.98 Å². The van der Waals surface area contributed by atoms with E-state index in [2.05, 4.69) is 10.4 Å². The third kappa shape index (κ3) is 1.83. The molecule has 0 bridgehead atoms. The van der Waals surface area contributed by atoms with Crippen LogP contribution < -0.4 is 5.56 Å². The monoisotopic (exact) mass is 301 g/mol. The molecule has 0 aliphatic rings. The van der Waals surface area contributed by atoms with Gasteiger partial charge in [-0.25, -0.2) is 0 Å². The second kappa shape index (κ2) is 4.44. The van der Waals surface area contributed by atoms with Crippen LogP contribution >= 0.6 is 22.9 Å². The zero-order valence-electron chi connectivity index (χ0n) is 7.77. The summed E-state index contributed by atoms with van der Waals surface area (Å²) in [6.07, 6.45) is 0. The Bertz CT molecular complexity index is 531. The number of pyridine rings is 1. The molecular weight excluding hydrogens is 295 g/mol. The molecule has 0 saturated carbocycles. The minimum Gasteiger partial charge on any atom is -0.345 e. The van der Waals surface area contributed by atoms with Crippen molar-refractivity contribution >= 4 is 33.8 Å². The number of nitrogens with one attached hydrogen (secondary N) is 1. The van der Waals surface area contributed by atoms with E-state index in [1.807, 2.05) is 6.92 Å². The molecule has 2 heterocycles. The minimum atomic E-state index is -0.133. The van der Waals surface area contributed by atoms with E-state index in [4.69, 9.17) is 11.6 Å². The maximum Gasteiger partial charge on any atom is 0.249 e. The Morgan fingerprint density at radius 1 is 1.43 bits per heavy atom. The second-order valence-electron chi connectivity index (χ2n) is 2.90. The third-order valence-electron chi connectivity index (χ3n) is 2.04. The van der Waals surface area contributed by atoms with Crippen LogP contribution in [0.4, 0.5) is 0 Å². The number of aryl methyl sites for hydroxylation is 1. The van der Waals surface area contributed by atoms with Crippen LogP contribution in [0.2, 0.25) is 5.02 Å². The first-order valence-electron chi connectivity index (χ1n) is 3.80. The third-order valence-corrected chi connectivity index (χ3v) is 3.33. The summed E-state index contributed by atoms with van der Waals surface area (Å²) in [5, 5.41) is 4.47. The van der Waals surface area contributed by atoms with Gasteiger partial charge >= 0.3 is 0 Å². The first-order chi connectivity index (χ1) is 6.11. The summed E-state index contributed by atoms with van der Waals surface area (Å²) in [5.74, 6) is 0. The molecule has 0 atom stereocenters. The molecule has 71 valence electrons. The van der Waals surface area contributed by atoms with E-state index in [9.17, 15) is 4.79 Å². The quantitative estimate of drug-likeness (QED) is 0.746. The van der Waals surface area contributed by atoms with E-state index in [1.54, 1.807) is 6.92 Å². The zero-order chi connectivity index (χ0) is 9.59. The number of thiophene rings is 1. The van der Waals surface area contributed by atoms with Crippen molar-refractivity contribution in [1.29, 1.82) is 0 Å². The van der Waals surface area contributed by atoms with Gasteiger partial charge in [-0.15, -0.1) is 10.3 Å². The Balaban J connectivity index is 0.000000980. The summed E-state index contributed by atoms with van der Waals surface area (Å²) in [5.41, 5.74) is 1.15. The van der Waals surface area contributed by atoms with Gasteiger partial charge in [0.25, 0.3) is 0 Å². The van der Waals surface area contributed by atoms with Gasteiger partial charge in [-0.3, -0.25) is 16.1 Å². The van der Waals surface area contributed by atoms with E-state index >= 15 is 0 Å². The van der Waals surface area contributed by atoms with Gasteiger partial charge in [0.1, 0.15) is 0 Å². The topological polar surface area (TPSA) is 32.9 Å². The Hall–Kier alpha value is 0.304. The maximum atomic E-state index is 11.3. The first-order valence-corrected chi connectivity index (χ1v) is 5.00. The fourth-order valence-electron chi connectivity index (χ4n) is 1.25. The second-order valence-corrected chi connectivity index (χ2v) is 4.30. The fraction of sp³-hybridized carbons (Fsp3) is 0.222. The molecule has 2 rings (SSSR count). The molecule has 1 radical (unpaired) electrons. The molecule has 0 saturated heterocycles. The van der Waals surface area contributed by atoms with Gasteiger partial charge in [-0.1, -0.05) is 29.4 Å². The molecule has 0 amide bonds. The SMILES string of the molecule is Cc1c(Cl)c2c(C)s[c-]c2[nH]c1=O.[Y].